The number of anilines is 1. The third kappa shape index (κ3) is 2.58. The molecule has 0 saturated carbocycles. The second-order valence-electron chi connectivity index (χ2n) is 6.81. The van der Waals surface area contributed by atoms with Gasteiger partial charge in [-0.15, -0.1) is 10.7 Å². The number of nitrogens with zero attached hydrogens (tertiary/aromatic N) is 2. The van der Waals surface area contributed by atoms with Crippen molar-refractivity contribution in [2.75, 3.05) is 4.90 Å². The molecule has 0 fully saturated rings. The van der Waals surface area contributed by atoms with Gasteiger partial charge in [0.15, 0.2) is 0 Å². The summed E-state index contributed by atoms with van der Waals surface area (Å²) in [4.78, 5) is 7.24. The molecule has 1 radical (unpaired) electrons. The fourth-order valence-corrected chi connectivity index (χ4v) is 3.14. The molecule has 24 heavy (non-hydrogen) atoms. The summed E-state index contributed by atoms with van der Waals surface area (Å²) in [6.45, 7) is 10.5. The number of oxime groups is 1. The monoisotopic (exact) mass is 497 g/mol. The van der Waals surface area contributed by atoms with Crippen molar-refractivity contribution < 1.29 is 24.9 Å². The van der Waals surface area contributed by atoms with Crippen LogP contribution in [0.2, 0.25) is 0 Å². The van der Waals surface area contributed by atoms with Gasteiger partial charge in [-0.1, -0.05) is 57.0 Å². The molecule has 2 heterocycles. The van der Waals surface area contributed by atoms with E-state index in [0.29, 0.717) is 11.8 Å². The van der Waals surface area contributed by atoms with Crippen molar-refractivity contribution in [1.29, 1.82) is 0 Å². The van der Waals surface area contributed by atoms with Gasteiger partial charge >= 0.3 is 0 Å². The Morgan fingerprint density at radius 2 is 1.71 bits per heavy atom. The quantitative estimate of drug-likeness (QED) is 0.545. The summed E-state index contributed by atoms with van der Waals surface area (Å²) < 4.78 is 0. The van der Waals surface area contributed by atoms with E-state index < -0.39 is 0 Å². The fourth-order valence-electron chi connectivity index (χ4n) is 3.14. The first-order valence-electron chi connectivity index (χ1n) is 8.13. The molecule has 2 aliphatic rings. The molecule has 2 aromatic carbocycles. The molecule has 0 N–H and O–H groups in total. The largest absolute Gasteiger partial charge is 0.544 e. The zero-order valence-electron chi connectivity index (χ0n) is 14.3. The van der Waals surface area contributed by atoms with Crippen LogP contribution < -0.4 is 4.90 Å². The molecule has 2 aliphatic heterocycles. The molecule has 0 aliphatic carbocycles. The van der Waals surface area contributed by atoms with E-state index in [4.69, 9.17) is 4.84 Å². The number of benzene rings is 2. The van der Waals surface area contributed by atoms with E-state index in [0.717, 1.165) is 17.1 Å². The van der Waals surface area contributed by atoms with Crippen LogP contribution in [0.1, 0.15) is 56.2 Å². The van der Waals surface area contributed by atoms with Crippen LogP contribution in [-0.4, -0.2) is 5.84 Å². The molecule has 2 aromatic rings. The van der Waals surface area contributed by atoms with Gasteiger partial charge < -0.3 is 9.74 Å². The molecular formula is C20H20IrN2O-2. The topological polar surface area (TPSA) is 24.8 Å². The van der Waals surface area contributed by atoms with E-state index in [-0.39, 0.29) is 20.1 Å². The zero-order valence-corrected chi connectivity index (χ0v) is 16.6. The third-order valence-corrected chi connectivity index (χ3v) is 4.61. The van der Waals surface area contributed by atoms with Gasteiger partial charge in [-0.3, -0.25) is 0 Å². The first kappa shape index (κ1) is 17.2. The zero-order chi connectivity index (χ0) is 16.1. The van der Waals surface area contributed by atoms with Gasteiger partial charge in [-0.05, 0) is 24.3 Å². The van der Waals surface area contributed by atoms with Gasteiger partial charge in [0.1, 0.15) is 5.84 Å². The van der Waals surface area contributed by atoms with Crippen LogP contribution in [0.5, 0.6) is 0 Å². The Bertz CT molecular complexity index is 811. The number of rotatable bonds is 2. The predicted molar refractivity (Wildman–Crippen MR) is 93.3 cm³/mol. The second kappa shape index (κ2) is 6.34. The summed E-state index contributed by atoms with van der Waals surface area (Å²) in [7, 11) is 0. The van der Waals surface area contributed by atoms with Crippen molar-refractivity contribution in [2.45, 2.75) is 39.5 Å². The van der Waals surface area contributed by atoms with Gasteiger partial charge in [0.2, 0.25) is 0 Å². The second-order valence-corrected chi connectivity index (χ2v) is 6.81. The SMILES string of the molecule is CC(C)c1ccc2c(c1)C1=NO[CH-]N1c1[c-]cc(C(C)C)cc1-2.[Ir]. The molecule has 0 atom stereocenters. The maximum Gasteiger partial charge on any atom is 0.148 e. The molecule has 0 bridgehead atoms. The number of amidine groups is 1. The summed E-state index contributed by atoms with van der Waals surface area (Å²) in [5.41, 5.74) is 7.15. The maximum atomic E-state index is 5.25. The first-order chi connectivity index (χ1) is 11.1. The van der Waals surface area contributed by atoms with Crippen molar-refractivity contribution in [3.63, 3.8) is 0 Å². The normalized spacial score (nSPS) is 14.6. The average molecular weight is 497 g/mol. The van der Waals surface area contributed by atoms with E-state index in [1.54, 1.807) is 6.73 Å². The molecule has 0 amide bonds. The average Bonchev–Trinajstić information content (AvgIpc) is 3.03. The van der Waals surface area contributed by atoms with Crippen molar-refractivity contribution in [2.24, 2.45) is 5.16 Å². The smallest absolute Gasteiger partial charge is 0.148 e. The minimum Gasteiger partial charge on any atom is -0.544 e. The van der Waals surface area contributed by atoms with Crippen LogP contribution in [-0.2, 0) is 24.9 Å². The molecular weight excluding hydrogens is 476 g/mol. The fraction of sp³-hybridized carbons (Fsp3) is 0.300. The van der Waals surface area contributed by atoms with E-state index >= 15 is 0 Å². The predicted octanol–water partition coefficient (Wildman–Crippen LogP) is 5.03. The van der Waals surface area contributed by atoms with E-state index in [2.05, 4.69) is 69.2 Å². The van der Waals surface area contributed by atoms with Crippen molar-refractivity contribution in [1.82, 2.24) is 0 Å². The van der Waals surface area contributed by atoms with Gasteiger partial charge in [0, 0.05) is 25.7 Å². The van der Waals surface area contributed by atoms with Gasteiger partial charge in [-0.2, -0.15) is 23.8 Å². The van der Waals surface area contributed by atoms with Crippen LogP contribution in [0, 0.1) is 12.8 Å². The summed E-state index contributed by atoms with van der Waals surface area (Å²) in [6.07, 6.45) is 0. The summed E-state index contributed by atoms with van der Waals surface area (Å²) in [6, 6.07) is 14.4. The molecule has 0 aromatic heterocycles. The number of fused-ring (bicyclic) bond motifs is 6. The molecule has 0 spiro atoms. The Morgan fingerprint density at radius 3 is 2.42 bits per heavy atom. The Balaban J connectivity index is 0.00000169. The molecule has 4 rings (SSSR count). The Hall–Kier alpha value is -1.64. The van der Waals surface area contributed by atoms with Gasteiger partial charge in [0.25, 0.3) is 0 Å². The van der Waals surface area contributed by atoms with Crippen LogP contribution in [0.25, 0.3) is 11.1 Å². The van der Waals surface area contributed by atoms with E-state index in [1.165, 1.54) is 22.3 Å². The molecule has 0 saturated heterocycles. The molecule has 3 nitrogen and oxygen atoms in total. The molecule has 4 heteroatoms. The van der Waals surface area contributed by atoms with Crippen molar-refractivity contribution in [3.8, 4) is 11.1 Å². The van der Waals surface area contributed by atoms with Gasteiger partial charge in [-0.25, -0.2) is 0 Å². The Morgan fingerprint density at radius 1 is 1.00 bits per heavy atom. The van der Waals surface area contributed by atoms with E-state index in [9.17, 15) is 0 Å². The van der Waals surface area contributed by atoms with Crippen LogP contribution in [0.15, 0.2) is 35.5 Å². The Kier molecular flexibility index (Phi) is 4.54. The summed E-state index contributed by atoms with van der Waals surface area (Å²) in [5, 5.41) is 4.22. The molecule has 127 valence electrons. The summed E-state index contributed by atoms with van der Waals surface area (Å²) >= 11 is 0. The third-order valence-electron chi connectivity index (χ3n) is 4.61. The van der Waals surface area contributed by atoms with Gasteiger partial charge in [0.05, 0.1) is 0 Å². The van der Waals surface area contributed by atoms with Crippen LogP contribution in [0.3, 0.4) is 0 Å². The maximum absolute atomic E-state index is 5.25. The van der Waals surface area contributed by atoms with Crippen LogP contribution >= 0.6 is 0 Å². The van der Waals surface area contributed by atoms with Crippen LogP contribution in [0.4, 0.5) is 5.69 Å². The van der Waals surface area contributed by atoms with Crippen molar-refractivity contribution >= 4 is 11.5 Å². The molecule has 0 unspecified atom stereocenters. The minimum absolute atomic E-state index is 0. The summed E-state index contributed by atoms with van der Waals surface area (Å²) in [5.74, 6) is 1.81. The first-order valence-corrected chi connectivity index (χ1v) is 8.13. The Labute approximate surface area is 157 Å². The standard InChI is InChI=1S/C20H20N2O.Ir/c1-12(2)14-5-7-16-17-9-15(13(3)4)6-8-19(17)22-11-23-21-20(22)18(16)10-14;/h5-7,9-13H,1-4H3;/q-2;. The number of hydrogen-bond acceptors (Lipinski definition) is 3. The van der Waals surface area contributed by atoms with E-state index in [1.807, 2.05) is 4.90 Å². The number of hydrogen-bond donors (Lipinski definition) is 0. The minimum atomic E-state index is 0. The van der Waals surface area contributed by atoms with Crippen molar-refractivity contribution in [3.05, 3.63) is 59.8 Å².